The molecule has 1 amide bonds. The van der Waals surface area contributed by atoms with Crippen molar-refractivity contribution in [3.8, 4) is 0 Å². The van der Waals surface area contributed by atoms with E-state index in [-0.39, 0.29) is 48.1 Å². The highest BCUT2D eigenvalue weighted by Crippen LogP contribution is 2.26. The zero-order valence-electron chi connectivity index (χ0n) is 16.8. The standard InChI is InChI=1S/C23H19F2N3O4/c1-2-22(29)28-8-7-16(9-14-3-5-18(24)20(11-14)26-31)23(30)17(13-28)10-15-4-6-19(25)21(12-15)27-32/h2-6,9-12,27,32H,1,7-8,13H2/b16-9+,17-10+. The van der Waals surface area contributed by atoms with Crippen LogP contribution in [0.3, 0.4) is 0 Å². The lowest BCUT2D eigenvalue weighted by Gasteiger charge is -2.18. The molecule has 0 atom stereocenters. The quantitative estimate of drug-likeness (QED) is 0.402. The Hall–Kier alpha value is -3.98. The van der Waals surface area contributed by atoms with Gasteiger partial charge in [-0.05, 0) is 65.2 Å². The van der Waals surface area contributed by atoms with Crippen LogP contribution < -0.4 is 5.48 Å². The van der Waals surface area contributed by atoms with Crippen LogP contribution in [0.25, 0.3) is 12.2 Å². The van der Waals surface area contributed by atoms with Crippen molar-refractivity contribution in [3.63, 3.8) is 0 Å². The molecule has 1 saturated heterocycles. The van der Waals surface area contributed by atoms with Gasteiger partial charge in [0.25, 0.3) is 0 Å². The first kappa shape index (κ1) is 22.7. The van der Waals surface area contributed by atoms with Crippen molar-refractivity contribution < 1.29 is 23.6 Å². The molecule has 7 nitrogen and oxygen atoms in total. The summed E-state index contributed by atoms with van der Waals surface area (Å²) < 4.78 is 27.2. The minimum atomic E-state index is -0.776. The molecule has 32 heavy (non-hydrogen) atoms. The molecule has 1 fully saturated rings. The van der Waals surface area contributed by atoms with Gasteiger partial charge in [0.2, 0.25) is 5.91 Å². The molecule has 0 aliphatic carbocycles. The van der Waals surface area contributed by atoms with Gasteiger partial charge in [-0.3, -0.25) is 20.3 Å². The zero-order valence-corrected chi connectivity index (χ0v) is 16.8. The number of hydrogen-bond acceptors (Lipinski definition) is 6. The number of nitrogens with zero attached hydrogens (tertiary/aromatic N) is 2. The predicted molar refractivity (Wildman–Crippen MR) is 116 cm³/mol. The molecule has 1 aliphatic rings. The third-order valence-corrected chi connectivity index (χ3v) is 4.94. The summed E-state index contributed by atoms with van der Waals surface area (Å²) in [6.45, 7) is 3.70. The van der Waals surface area contributed by atoms with Gasteiger partial charge in [-0.15, -0.1) is 4.91 Å². The van der Waals surface area contributed by atoms with Gasteiger partial charge in [-0.2, -0.15) is 0 Å². The fourth-order valence-electron chi connectivity index (χ4n) is 3.31. The number of nitrogens with one attached hydrogen (secondary N) is 1. The normalized spacial score (nSPS) is 16.7. The highest BCUT2D eigenvalue weighted by atomic mass is 19.1. The number of nitroso groups, excluding NO2 is 1. The highest BCUT2D eigenvalue weighted by molar-refractivity contribution is 6.14. The molecule has 3 rings (SSSR count). The van der Waals surface area contributed by atoms with E-state index in [4.69, 9.17) is 5.21 Å². The van der Waals surface area contributed by atoms with E-state index < -0.39 is 11.6 Å². The summed E-state index contributed by atoms with van der Waals surface area (Å²) in [6.07, 6.45) is 4.36. The SMILES string of the molecule is C=CC(=O)N1CC/C(=C\c2ccc(F)c(N=O)c2)C(=O)/C(=C/c2ccc(F)c(NO)c2)C1. The highest BCUT2D eigenvalue weighted by Gasteiger charge is 2.25. The fraction of sp³-hybridized carbons (Fsp3) is 0.130. The number of anilines is 1. The number of halogens is 2. The van der Waals surface area contributed by atoms with Gasteiger partial charge < -0.3 is 4.90 Å². The third-order valence-electron chi connectivity index (χ3n) is 4.94. The van der Waals surface area contributed by atoms with E-state index in [0.29, 0.717) is 16.7 Å². The number of carbonyl (C=O) groups is 2. The molecule has 0 bridgehead atoms. The van der Waals surface area contributed by atoms with Crippen LogP contribution in [0.1, 0.15) is 17.5 Å². The predicted octanol–water partition coefficient (Wildman–Crippen LogP) is 4.62. The Morgan fingerprint density at radius 3 is 2.41 bits per heavy atom. The maximum atomic E-state index is 13.7. The van der Waals surface area contributed by atoms with Gasteiger partial charge in [0.15, 0.2) is 11.6 Å². The fourth-order valence-corrected chi connectivity index (χ4v) is 3.31. The van der Waals surface area contributed by atoms with E-state index >= 15 is 0 Å². The first-order chi connectivity index (χ1) is 15.4. The summed E-state index contributed by atoms with van der Waals surface area (Å²) in [5.41, 5.74) is 2.60. The second-order valence-electron chi connectivity index (χ2n) is 7.04. The Kier molecular flexibility index (Phi) is 7.01. The molecule has 1 heterocycles. The van der Waals surface area contributed by atoms with Crippen LogP contribution in [-0.2, 0) is 9.59 Å². The second kappa shape index (κ2) is 9.88. The molecule has 0 spiro atoms. The Morgan fingerprint density at radius 1 is 1.09 bits per heavy atom. The van der Waals surface area contributed by atoms with Crippen molar-refractivity contribution in [3.05, 3.63) is 87.9 Å². The molecule has 164 valence electrons. The summed E-state index contributed by atoms with van der Waals surface area (Å²) in [6, 6.07) is 7.57. The van der Waals surface area contributed by atoms with E-state index in [2.05, 4.69) is 11.8 Å². The summed E-state index contributed by atoms with van der Waals surface area (Å²) in [7, 11) is 0. The third kappa shape index (κ3) is 5.01. The number of Topliss-reactive ketones (excluding diaryl/α,β-unsaturated/α-hetero) is 1. The number of benzene rings is 2. The van der Waals surface area contributed by atoms with Gasteiger partial charge in [0, 0.05) is 24.2 Å². The first-order valence-corrected chi connectivity index (χ1v) is 9.56. The maximum Gasteiger partial charge on any atom is 0.246 e. The molecule has 0 radical (unpaired) electrons. The van der Waals surface area contributed by atoms with Crippen LogP contribution >= 0.6 is 0 Å². The van der Waals surface area contributed by atoms with Crippen molar-refractivity contribution in [1.82, 2.24) is 4.90 Å². The van der Waals surface area contributed by atoms with Crippen LogP contribution in [0.4, 0.5) is 20.2 Å². The molecule has 2 N–H and O–H groups in total. The van der Waals surface area contributed by atoms with Crippen LogP contribution in [0.5, 0.6) is 0 Å². The average Bonchev–Trinajstić information content (AvgIpc) is 2.95. The van der Waals surface area contributed by atoms with E-state index in [1.807, 2.05) is 0 Å². The van der Waals surface area contributed by atoms with E-state index in [1.165, 1.54) is 41.3 Å². The summed E-state index contributed by atoms with van der Waals surface area (Å²) in [5.74, 6) is -2.18. The van der Waals surface area contributed by atoms with Gasteiger partial charge in [0.05, 0.1) is 5.69 Å². The van der Waals surface area contributed by atoms with Gasteiger partial charge >= 0.3 is 0 Å². The Labute approximate surface area is 182 Å². The molecular formula is C23H19F2N3O4. The van der Waals surface area contributed by atoms with Gasteiger partial charge in [-0.1, -0.05) is 18.7 Å². The number of hydrogen-bond donors (Lipinski definition) is 2. The average molecular weight is 439 g/mol. The molecule has 0 saturated carbocycles. The zero-order chi connectivity index (χ0) is 23.3. The van der Waals surface area contributed by atoms with Gasteiger partial charge in [-0.25, -0.2) is 8.78 Å². The lowest BCUT2D eigenvalue weighted by molar-refractivity contribution is -0.125. The second-order valence-corrected chi connectivity index (χ2v) is 7.04. The summed E-state index contributed by atoms with van der Waals surface area (Å²) in [4.78, 5) is 37.7. The van der Waals surface area contributed by atoms with Crippen molar-refractivity contribution in [1.29, 1.82) is 0 Å². The maximum absolute atomic E-state index is 13.7. The minimum absolute atomic E-state index is 0.00908. The van der Waals surface area contributed by atoms with Crippen molar-refractivity contribution in [2.24, 2.45) is 5.18 Å². The number of amides is 1. The van der Waals surface area contributed by atoms with E-state index in [1.54, 1.807) is 5.48 Å². The first-order valence-electron chi connectivity index (χ1n) is 9.56. The van der Waals surface area contributed by atoms with Crippen molar-refractivity contribution >= 4 is 35.2 Å². The largest absolute Gasteiger partial charge is 0.334 e. The lowest BCUT2D eigenvalue weighted by Crippen LogP contribution is -2.31. The number of carbonyl (C=O) groups excluding carboxylic acids is 2. The number of likely N-dealkylation sites (tertiary alicyclic amines) is 1. The molecule has 2 aromatic carbocycles. The van der Waals surface area contributed by atoms with Crippen LogP contribution in [0, 0.1) is 16.5 Å². The van der Waals surface area contributed by atoms with Crippen LogP contribution in [-0.4, -0.2) is 34.9 Å². The number of rotatable bonds is 5. The molecule has 1 aliphatic heterocycles. The lowest BCUT2D eigenvalue weighted by atomic mass is 9.98. The molecule has 0 aromatic heterocycles. The van der Waals surface area contributed by atoms with E-state index in [9.17, 15) is 23.3 Å². The van der Waals surface area contributed by atoms with Gasteiger partial charge in [0.1, 0.15) is 11.5 Å². The van der Waals surface area contributed by atoms with Crippen molar-refractivity contribution in [2.45, 2.75) is 6.42 Å². The molecule has 0 unspecified atom stereocenters. The molecule has 9 heteroatoms. The van der Waals surface area contributed by atoms with Crippen molar-refractivity contribution in [2.75, 3.05) is 18.6 Å². The monoisotopic (exact) mass is 439 g/mol. The smallest absolute Gasteiger partial charge is 0.246 e. The Bertz CT molecular complexity index is 1160. The summed E-state index contributed by atoms with van der Waals surface area (Å²) in [5, 5.41) is 11.7. The molecular weight excluding hydrogens is 420 g/mol. The van der Waals surface area contributed by atoms with Crippen LogP contribution in [0.15, 0.2) is 65.4 Å². The van der Waals surface area contributed by atoms with E-state index in [0.717, 1.165) is 18.2 Å². The van der Waals surface area contributed by atoms with Crippen LogP contribution in [0.2, 0.25) is 0 Å². The molecule has 2 aromatic rings. The summed E-state index contributed by atoms with van der Waals surface area (Å²) >= 11 is 0. The Balaban J connectivity index is 2.05. The number of ketones is 1. The topological polar surface area (TPSA) is 99.1 Å². The Morgan fingerprint density at radius 2 is 1.75 bits per heavy atom. The minimum Gasteiger partial charge on any atom is -0.334 e.